The Bertz CT molecular complexity index is 499. The number of β-amino-alcohol motifs (C(OH)–C–C–N with tert-alkyl or cyclic N) is 1. The molecule has 1 fully saturated rings. The standard InChI is InChI=1S/C18H29NO3/c1-17(2)13-19(18(17,3)4)10-15(20)12-22-11-14-7-6-8-16(9-14)21-5/h6-9,15,20H,10-13H2,1-5H3. The molecule has 124 valence electrons. The van der Waals surface area contributed by atoms with Crippen LogP contribution in [0.25, 0.3) is 0 Å². The van der Waals surface area contributed by atoms with E-state index in [1.165, 1.54) is 0 Å². The van der Waals surface area contributed by atoms with Crippen LogP contribution in [-0.4, -0.2) is 48.5 Å². The molecule has 4 heteroatoms. The molecule has 1 aromatic carbocycles. The van der Waals surface area contributed by atoms with Gasteiger partial charge in [0.05, 0.1) is 26.4 Å². The number of rotatable bonds is 7. The van der Waals surface area contributed by atoms with Crippen molar-refractivity contribution in [1.29, 1.82) is 0 Å². The summed E-state index contributed by atoms with van der Waals surface area (Å²) in [4.78, 5) is 2.33. The first-order chi connectivity index (χ1) is 10.3. The van der Waals surface area contributed by atoms with Crippen LogP contribution < -0.4 is 4.74 Å². The van der Waals surface area contributed by atoms with Gasteiger partial charge in [0, 0.05) is 18.6 Å². The van der Waals surface area contributed by atoms with E-state index in [1.54, 1.807) is 7.11 Å². The summed E-state index contributed by atoms with van der Waals surface area (Å²) < 4.78 is 10.8. The summed E-state index contributed by atoms with van der Waals surface area (Å²) in [6.07, 6.45) is -0.457. The first kappa shape index (κ1) is 17.3. The molecule has 0 radical (unpaired) electrons. The fourth-order valence-corrected chi connectivity index (χ4v) is 2.88. The summed E-state index contributed by atoms with van der Waals surface area (Å²) >= 11 is 0. The second-order valence-corrected chi connectivity index (χ2v) is 7.34. The number of likely N-dealkylation sites (tertiary alicyclic amines) is 1. The Morgan fingerprint density at radius 1 is 1.27 bits per heavy atom. The molecule has 1 N–H and O–H groups in total. The lowest BCUT2D eigenvalue weighted by molar-refractivity contribution is -0.137. The second-order valence-electron chi connectivity index (χ2n) is 7.34. The SMILES string of the molecule is COc1cccc(COCC(O)CN2CC(C)(C)C2(C)C)c1. The van der Waals surface area contributed by atoms with Crippen LogP contribution in [0.5, 0.6) is 5.75 Å². The Balaban J connectivity index is 1.73. The highest BCUT2D eigenvalue weighted by Crippen LogP contribution is 2.46. The fourth-order valence-electron chi connectivity index (χ4n) is 2.88. The highest BCUT2D eigenvalue weighted by Gasteiger charge is 2.52. The van der Waals surface area contributed by atoms with Crippen LogP contribution in [0.1, 0.15) is 33.3 Å². The summed E-state index contributed by atoms with van der Waals surface area (Å²) in [6, 6.07) is 7.80. The van der Waals surface area contributed by atoms with Crippen LogP contribution in [-0.2, 0) is 11.3 Å². The Morgan fingerprint density at radius 2 is 2.00 bits per heavy atom. The van der Waals surface area contributed by atoms with E-state index in [9.17, 15) is 5.11 Å². The molecule has 0 amide bonds. The first-order valence-electron chi connectivity index (χ1n) is 7.90. The van der Waals surface area contributed by atoms with Crippen molar-refractivity contribution in [3.63, 3.8) is 0 Å². The van der Waals surface area contributed by atoms with Gasteiger partial charge in [-0.15, -0.1) is 0 Å². The minimum atomic E-state index is -0.457. The monoisotopic (exact) mass is 307 g/mol. The molecule has 1 unspecified atom stereocenters. The first-order valence-corrected chi connectivity index (χ1v) is 7.90. The van der Waals surface area contributed by atoms with Crippen LogP contribution in [0.3, 0.4) is 0 Å². The van der Waals surface area contributed by atoms with Crippen LogP contribution in [0.15, 0.2) is 24.3 Å². The summed E-state index contributed by atoms with van der Waals surface area (Å²) in [5.74, 6) is 0.825. The van der Waals surface area contributed by atoms with Crippen LogP contribution in [0.2, 0.25) is 0 Å². The zero-order valence-corrected chi connectivity index (χ0v) is 14.4. The Kier molecular flexibility index (Phi) is 5.15. The van der Waals surface area contributed by atoms with E-state index in [-0.39, 0.29) is 5.54 Å². The quantitative estimate of drug-likeness (QED) is 0.841. The van der Waals surface area contributed by atoms with Crippen molar-refractivity contribution in [1.82, 2.24) is 4.90 Å². The number of aliphatic hydroxyl groups excluding tert-OH is 1. The van der Waals surface area contributed by atoms with Gasteiger partial charge in [-0.2, -0.15) is 0 Å². The van der Waals surface area contributed by atoms with E-state index < -0.39 is 6.10 Å². The molecule has 22 heavy (non-hydrogen) atoms. The number of ether oxygens (including phenoxy) is 2. The van der Waals surface area contributed by atoms with Crippen molar-refractivity contribution in [2.45, 2.75) is 45.9 Å². The lowest BCUT2D eigenvalue weighted by atomic mass is 9.65. The van der Waals surface area contributed by atoms with Crippen molar-refractivity contribution in [3.05, 3.63) is 29.8 Å². The molecule has 1 heterocycles. The normalized spacial score (nSPS) is 21.2. The molecular formula is C18H29NO3. The Labute approximate surface area is 134 Å². The summed E-state index contributed by atoms with van der Waals surface area (Å²) in [5, 5.41) is 10.2. The molecule has 1 aliphatic rings. The van der Waals surface area contributed by atoms with Gasteiger partial charge in [0.2, 0.25) is 0 Å². The van der Waals surface area contributed by atoms with E-state index in [0.29, 0.717) is 25.2 Å². The zero-order valence-electron chi connectivity index (χ0n) is 14.4. The van der Waals surface area contributed by atoms with Gasteiger partial charge in [-0.25, -0.2) is 0 Å². The van der Waals surface area contributed by atoms with E-state index >= 15 is 0 Å². The average Bonchev–Trinajstić information content (AvgIpc) is 2.46. The van der Waals surface area contributed by atoms with Gasteiger partial charge in [0.15, 0.2) is 0 Å². The average molecular weight is 307 g/mol. The van der Waals surface area contributed by atoms with Crippen LogP contribution >= 0.6 is 0 Å². The van der Waals surface area contributed by atoms with Gasteiger partial charge < -0.3 is 14.6 Å². The maximum atomic E-state index is 10.2. The van der Waals surface area contributed by atoms with Gasteiger partial charge in [-0.3, -0.25) is 4.90 Å². The molecule has 1 aromatic rings. The third-order valence-corrected chi connectivity index (χ3v) is 5.18. The van der Waals surface area contributed by atoms with Crippen molar-refractivity contribution in [2.75, 3.05) is 26.8 Å². The molecule has 0 saturated carbocycles. The van der Waals surface area contributed by atoms with Gasteiger partial charge in [0.25, 0.3) is 0 Å². The third kappa shape index (κ3) is 3.62. The maximum absolute atomic E-state index is 10.2. The second kappa shape index (κ2) is 6.57. The third-order valence-electron chi connectivity index (χ3n) is 5.18. The number of nitrogens with zero attached hydrogens (tertiary/aromatic N) is 1. The predicted octanol–water partition coefficient (Wildman–Crippen LogP) is 2.69. The van der Waals surface area contributed by atoms with Crippen molar-refractivity contribution in [2.24, 2.45) is 5.41 Å². The van der Waals surface area contributed by atoms with Crippen molar-refractivity contribution in [3.8, 4) is 5.75 Å². The minimum absolute atomic E-state index is 0.126. The summed E-state index contributed by atoms with van der Waals surface area (Å²) in [6.45, 7) is 11.5. The molecule has 1 saturated heterocycles. The summed E-state index contributed by atoms with van der Waals surface area (Å²) in [7, 11) is 1.65. The molecule has 2 rings (SSSR count). The van der Waals surface area contributed by atoms with E-state index in [4.69, 9.17) is 9.47 Å². The zero-order chi connectivity index (χ0) is 16.4. The number of aliphatic hydroxyl groups is 1. The molecule has 1 atom stereocenters. The molecule has 0 spiro atoms. The lowest BCUT2D eigenvalue weighted by Gasteiger charge is -2.62. The van der Waals surface area contributed by atoms with E-state index in [2.05, 4.69) is 32.6 Å². The Morgan fingerprint density at radius 3 is 2.59 bits per heavy atom. The number of methoxy groups -OCH3 is 1. The van der Waals surface area contributed by atoms with Crippen LogP contribution in [0, 0.1) is 5.41 Å². The maximum Gasteiger partial charge on any atom is 0.119 e. The van der Waals surface area contributed by atoms with Gasteiger partial charge >= 0.3 is 0 Å². The fraction of sp³-hybridized carbons (Fsp3) is 0.667. The molecule has 0 aromatic heterocycles. The molecule has 1 aliphatic heterocycles. The Hall–Kier alpha value is -1.10. The topological polar surface area (TPSA) is 41.9 Å². The minimum Gasteiger partial charge on any atom is -0.497 e. The predicted molar refractivity (Wildman–Crippen MR) is 88.1 cm³/mol. The van der Waals surface area contributed by atoms with Crippen molar-refractivity contribution >= 4 is 0 Å². The van der Waals surface area contributed by atoms with Crippen molar-refractivity contribution < 1.29 is 14.6 Å². The molecule has 0 aliphatic carbocycles. The lowest BCUT2D eigenvalue weighted by Crippen LogP contribution is -2.70. The number of hydrogen-bond acceptors (Lipinski definition) is 4. The highest BCUT2D eigenvalue weighted by molar-refractivity contribution is 5.27. The van der Waals surface area contributed by atoms with Gasteiger partial charge in [0.1, 0.15) is 5.75 Å². The largest absolute Gasteiger partial charge is 0.497 e. The highest BCUT2D eigenvalue weighted by atomic mass is 16.5. The van der Waals surface area contributed by atoms with Crippen LogP contribution in [0.4, 0.5) is 0 Å². The molecular weight excluding hydrogens is 278 g/mol. The molecule has 4 nitrogen and oxygen atoms in total. The van der Waals surface area contributed by atoms with Gasteiger partial charge in [-0.1, -0.05) is 26.0 Å². The van der Waals surface area contributed by atoms with Gasteiger partial charge in [-0.05, 0) is 37.0 Å². The number of benzene rings is 1. The van der Waals surface area contributed by atoms with E-state index in [0.717, 1.165) is 17.9 Å². The molecule has 0 bridgehead atoms. The smallest absolute Gasteiger partial charge is 0.119 e. The van der Waals surface area contributed by atoms with E-state index in [1.807, 2.05) is 24.3 Å². The number of hydrogen-bond donors (Lipinski definition) is 1. The summed E-state index contributed by atoms with van der Waals surface area (Å²) in [5.41, 5.74) is 1.48.